The van der Waals surface area contributed by atoms with Gasteiger partial charge in [0.05, 0.1) is 51.8 Å². The molecule has 3 aromatic rings. The Morgan fingerprint density at radius 2 is 1.51 bits per heavy atom. The number of halogens is 1. The van der Waals surface area contributed by atoms with Crippen molar-refractivity contribution < 1.29 is 38.1 Å². The SMILES string of the molecule is COc1cc(/C=N/NC(=O)CNC(=O)c2cc(OC)c(OC)c(OC)c2)ccc1OC(=O)c1ccccc1Cl. The van der Waals surface area contributed by atoms with Gasteiger partial charge in [-0.2, -0.15) is 5.10 Å². The summed E-state index contributed by atoms with van der Waals surface area (Å²) in [4.78, 5) is 37.1. The fourth-order valence-electron chi connectivity index (χ4n) is 3.32. The summed E-state index contributed by atoms with van der Waals surface area (Å²) in [5.41, 5.74) is 3.29. The minimum Gasteiger partial charge on any atom is -0.493 e. The van der Waals surface area contributed by atoms with Crippen molar-refractivity contribution in [3.05, 3.63) is 76.3 Å². The lowest BCUT2D eigenvalue weighted by Gasteiger charge is -2.14. The molecule has 0 unspecified atom stereocenters. The third-order valence-electron chi connectivity index (χ3n) is 5.22. The Hall–Kier alpha value is -4.77. The number of hydrazone groups is 1. The van der Waals surface area contributed by atoms with Crippen molar-refractivity contribution in [3.63, 3.8) is 0 Å². The van der Waals surface area contributed by atoms with Gasteiger partial charge in [0.2, 0.25) is 5.75 Å². The number of methoxy groups -OCH3 is 4. The van der Waals surface area contributed by atoms with Crippen LogP contribution in [0.15, 0.2) is 59.7 Å². The van der Waals surface area contributed by atoms with E-state index in [0.717, 1.165) is 0 Å². The second-order valence-corrected chi connectivity index (χ2v) is 8.08. The molecule has 0 fully saturated rings. The highest BCUT2D eigenvalue weighted by Gasteiger charge is 2.18. The highest BCUT2D eigenvalue weighted by atomic mass is 35.5. The van der Waals surface area contributed by atoms with Crippen LogP contribution in [-0.2, 0) is 4.79 Å². The van der Waals surface area contributed by atoms with E-state index in [-0.39, 0.29) is 34.2 Å². The van der Waals surface area contributed by atoms with Gasteiger partial charge in [0.15, 0.2) is 23.0 Å². The van der Waals surface area contributed by atoms with Crippen LogP contribution in [0.2, 0.25) is 5.02 Å². The van der Waals surface area contributed by atoms with Gasteiger partial charge in [-0.05, 0) is 48.0 Å². The lowest BCUT2D eigenvalue weighted by molar-refractivity contribution is -0.120. The van der Waals surface area contributed by atoms with Gasteiger partial charge in [-0.15, -0.1) is 0 Å². The smallest absolute Gasteiger partial charge is 0.345 e. The molecule has 0 aliphatic heterocycles. The Kier molecular flexibility index (Phi) is 10.1. The van der Waals surface area contributed by atoms with Crippen LogP contribution in [0.25, 0.3) is 0 Å². The van der Waals surface area contributed by atoms with Crippen molar-refractivity contribution in [3.8, 4) is 28.7 Å². The molecule has 204 valence electrons. The van der Waals surface area contributed by atoms with Crippen LogP contribution in [0.5, 0.6) is 28.7 Å². The first kappa shape index (κ1) is 28.8. The Morgan fingerprint density at radius 3 is 2.13 bits per heavy atom. The molecule has 3 aromatic carbocycles. The van der Waals surface area contributed by atoms with Crippen molar-refractivity contribution in [1.29, 1.82) is 0 Å². The van der Waals surface area contributed by atoms with Crippen LogP contribution in [0.4, 0.5) is 0 Å². The molecule has 0 aromatic heterocycles. The average molecular weight is 556 g/mol. The van der Waals surface area contributed by atoms with Crippen molar-refractivity contribution in [2.75, 3.05) is 35.0 Å². The van der Waals surface area contributed by atoms with E-state index in [2.05, 4.69) is 15.8 Å². The van der Waals surface area contributed by atoms with E-state index in [0.29, 0.717) is 22.8 Å². The Bertz CT molecular complexity index is 1370. The van der Waals surface area contributed by atoms with Crippen molar-refractivity contribution >= 4 is 35.6 Å². The van der Waals surface area contributed by atoms with E-state index in [1.165, 1.54) is 52.9 Å². The molecule has 2 N–H and O–H groups in total. The number of nitrogens with one attached hydrogen (secondary N) is 2. The quantitative estimate of drug-likeness (QED) is 0.159. The maximum atomic E-state index is 12.5. The summed E-state index contributed by atoms with van der Waals surface area (Å²) in [6, 6.07) is 14.1. The highest BCUT2D eigenvalue weighted by molar-refractivity contribution is 6.33. The molecular weight excluding hydrogens is 530 g/mol. The van der Waals surface area contributed by atoms with Gasteiger partial charge in [0, 0.05) is 5.56 Å². The summed E-state index contributed by atoms with van der Waals surface area (Å²) in [5.74, 6) is -0.341. The summed E-state index contributed by atoms with van der Waals surface area (Å²) >= 11 is 6.05. The van der Waals surface area contributed by atoms with Gasteiger partial charge in [-0.3, -0.25) is 9.59 Å². The first-order valence-electron chi connectivity index (χ1n) is 11.4. The monoisotopic (exact) mass is 555 g/mol. The molecule has 12 heteroatoms. The number of rotatable bonds is 11. The number of benzene rings is 3. The maximum absolute atomic E-state index is 12.5. The summed E-state index contributed by atoms with van der Waals surface area (Å²) in [6.45, 7) is -0.340. The van der Waals surface area contributed by atoms with E-state index in [1.54, 1.807) is 36.4 Å². The number of carbonyl (C=O) groups excluding carboxylic acids is 3. The fraction of sp³-hybridized carbons (Fsp3) is 0.185. The molecule has 2 amide bonds. The second kappa shape index (κ2) is 13.7. The first-order chi connectivity index (χ1) is 18.8. The fourth-order valence-corrected chi connectivity index (χ4v) is 3.54. The third-order valence-corrected chi connectivity index (χ3v) is 5.55. The topological polar surface area (TPSA) is 134 Å². The van der Waals surface area contributed by atoms with Crippen LogP contribution in [-0.4, -0.2) is 59.0 Å². The molecule has 0 radical (unpaired) electrons. The molecule has 11 nitrogen and oxygen atoms in total. The molecule has 0 bridgehead atoms. The molecule has 0 spiro atoms. The highest BCUT2D eigenvalue weighted by Crippen LogP contribution is 2.38. The van der Waals surface area contributed by atoms with Gasteiger partial charge < -0.3 is 29.0 Å². The number of hydrogen-bond acceptors (Lipinski definition) is 9. The largest absolute Gasteiger partial charge is 0.493 e. The zero-order chi connectivity index (χ0) is 28.4. The summed E-state index contributed by atoms with van der Waals surface area (Å²) in [5, 5.41) is 6.64. The third kappa shape index (κ3) is 7.39. The van der Waals surface area contributed by atoms with Crippen molar-refractivity contribution in [1.82, 2.24) is 10.7 Å². The first-order valence-corrected chi connectivity index (χ1v) is 11.7. The molecule has 39 heavy (non-hydrogen) atoms. The minimum absolute atomic E-state index is 0.179. The number of ether oxygens (including phenoxy) is 5. The van der Waals surface area contributed by atoms with E-state index < -0.39 is 17.8 Å². The summed E-state index contributed by atoms with van der Waals surface area (Å²) < 4.78 is 26.4. The predicted octanol–water partition coefficient (Wildman–Crippen LogP) is 3.47. The minimum atomic E-state index is -0.638. The molecule has 0 saturated heterocycles. The van der Waals surface area contributed by atoms with E-state index >= 15 is 0 Å². The van der Waals surface area contributed by atoms with Gasteiger partial charge in [-0.1, -0.05) is 23.7 Å². The predicted molar refractivity (Wildman–Crippen MR) is 144 cm³/mol. The number of esters is 1. The normalized spacial score (nSPS) is 10.5. The lowest BCUT2D eigenvalue weighted by atomic mass is 10.1. The van der Waals surface area contributed by atoms with Crippen LogP contribution in [0.3, 0.4) is 0 Å². The number of nitrogens with zero attached hydrogens (tertiary/aromatic N) is 1. The lowest BCUT2D eigenvalue weighted by Crippen LogP contribution is -2.34. The second-order valence-electron chi connectivity index (χ2n) is 7.67. The molecule has 0 aliphatic carbocycles. The van der Waals surface area contributed by atoms with Gasteiger partial charge in [0.1, 0.15) is 0 Å². The molecule has 0 saturated carbocycles. The van der Waals surface area contributed by atoms with Crippen LogP contribution in [0.1, 0.15) is 26.3 Å². The number of amides is 2. The molecular formula is C27H26ClN3O8. The Morgan fingerprint density at radius 1 is 0.846 bits per heavy atom. The van der Waals surface area contributed by atoms with Crippen LogP contribution in [0, 0.1) is 0 Å². The van der Waals surface area contributed by atoms with Gasteiger partial charge in [0.25, 0.3) is 11.8 Å². The zero-order valence-corrected chi connectivity index (χ0v) is 22.3. The summed E-state index contributed by atoms with van der Waals surface area (Å²) in [6.07, 6.45) is 1.36. The van der Waals surface area contributed by atoms with Crippen LogP contribution < -0.4 is 34.4 Å². The molecule has 3 rings (SSSR count). The van der Waals surface area contributed by atoms with E-state index in [9.17, 15) is 14.4 Å². The molecule has 0 heterocycles. The van der Waals surface area contributed by atoms with Crippen molar-refractivity contribution in [2.45, 2.75) is 0 Å². The standard InChI is InChI=1S/C27H26ClN3O8/c1-35-21-11-16(9-10-20(21)39-27(34)18-7-5-6-8-19(18)28)14-30-31-24(32)15-29-26(33)17-12-22(36-2)25(38-4)23(13-17)37-3/h5-14H,15H2,1-4H3,(H,29,33)(H,31,32)/b30-14+. The zero-order valence-electron chi connectivity index (χ0n) is 21.6. The molecule has 0 atom stereocenters. The maximum Gasteiger partial charge on any atom is 0.345 e. The van der Waals surface area contributed by atoms with Gasteiger partial charge in [-0.25, -0.2) is 10.2 Å². The van der Waals surface area contributed by atoms with E-state index in [1.807, 2.05) is 0 Å². The average Bonchev–Trinajstić information content (AvgIpc) is 2.95. The molecule has 0 aliphatic rings. The number of hydrogen-bond donors (Lipinski definition) is 2. The number of carbonyl (C=O) groups is 3. The van der Waals surface area contributed by atoms with Crippen LogP contribution >= 0.6 is 11.6 Å². The Balaban J connectivity index is 1.57. The van der Waals surface area contributed by atoms with Crippen molar-refractivity contribution in [2.24, 2.45) is 5.10 Å². The summed E-state index contributed by atoms with van der Waals surface area (Å²) in [7, 11) is 5.73. The van der Waals surface area contributed by atoms with E-state index in [4.69, 9.17) is 35.3 Å². The Labute approximate surface area is 229 Å². The van der Waals surface area contributed by atoms with Gasteiger partial charge >= 0.3 is 5.97 Å².